The second kappa shape index (κ2) is 6.42. The van der Waals surface area contributed by atoms with E-state index in [0.717, 1.165) is 31.5 Å². The van der Waals surface area contributed by atoms with E-state index < -0.39 is 0 Å². The van der Waals surface area contributed by atoms with Crippen molar-refractivity contribution in [3.63, 3.8) is 0 Å². The summed E-state index contributed by atoms with van der Waals surface area (Å²) in [6.07, 6.45) is 1.00. The van der Waals surface area contributed by atoms with Crippen LogP contribution < -0.4 is 5.73 Å². The fraction of sp³-hybridized carbons (Fsp3) is 0.188. The van der Waals surface area contributed by atoms with Crippen LogP contribution in [0.2, 0.25) is 4.34 Å². The Bertz CT molecular complexity index is 796. The molecule has 114 valence electrons. The lowest BCUT2D eigenvalue weighted by Gasteiger charge is -2.13. The number of halogens is 1. The Morgan fingerprint density at radius 1 is 1.32 bits per heavy atom. The molecule has 1 atom stereocenters. The van der Waals surface area contributed by atoms with Gasteiger partial charge in [-0.1, -0.05) is 17.7 Å². The number of aromatic nitrogens is 1. The van der Waals surface area contributed by atoms with Crippen LogP contribution in [0.15, 0.2) is 36.4 Å². The van der Waals surface area contributed by atoms with Gasteiger partial charge in [-0.05, 0) is 30.3 Å². The van der Waals surface area contributed by atoms with Crippen molar-refractivity contribution < 1.29 is 9.53 Å². The molecule has 0 amide bonds. The molecule has 0 saturated carbocycles. The molecule has 6 heteroatoms. The lowest BCUT2D eigenvalue weighted by molar-refractivity contribution is -0.133. The molecular formula is C16H15ClN2O2S. The van der Waals surface area contributed by atoms with Gasteiger partial charge in [0.1, 0.15) is 6.10 Å². The fourth-order valence-corrected chi connectivity index (χ4v) is 3.68. The molecule has 1 aromatic carbocycles. The summed E-state index contributed by atoms with van der Waals surface area (Å²) in [5, 5.41) is 0.988. The molecule has 1 unspecified atom stereocenters. The molecule has 0 bridgehead atoms. The normalized spacial score (nSPS) is 12.4. The number of hydrogen-bond acceptors (Lipinski definition) is 4. The van der Waals surface area contributed by atoms with Gasteiger partial charge in [0.2, 0.25) is 0 Å². The van der Waals surface area contributed by atoms with E-state index in [0.29, 0.717) is 19.3 Å². The van der Waals surface area contributed by atoms with Crippen LogP contribution in [0.25, 0.3) is 10.9 Å². The Balaban J connectivity index is 1.79. The van der Waals surface area contributed by atoms with Crippen LogP contribution in [0.3, 0.4) is 0 Å². The summed E-state index contributed by atoms with van der Waals surface area (Å²) in [6, 6.07) is 11.6. The fourth-order valence-electron chi connectivity index (χ4n) is 2.52. The van der Waals surface area contributed by atoms with Gasteiger partial charge in [0.25, 0.3) is 6.47 Å². The number of anilines is 1. The number of ether oxygens (including phenoxy) is 1. The third kappa shape index (κ3) is 3.26. The predicted molar refractivity (Wildman–Crippen MR) is 90.4 cm³/mol. The molecular weight excluding hydrogens is 320 g/mol. The van der Waals surface area contributed by atoms with Gasteiger partial charge in [0, 0.05) is 40.0 Å². The third-order valence-electron chi connectivity index (χ3n) is 3.51. The van der Waals surface area contributed by atoms with Crippen LogP contribution in [0.1, 0.15) is 10.6 Å². The summed E-state index contributed by atoms with van der Waals surface area (Å²) < 4.78 is 5.95. The SMILES string of the molecule is Nc1cccc2[nH]c(CC(Cc3ccc(Cl)s3)OC=O)cc12. The highest BCUT2D eigenvalue weighted by molar-refractivity contribution is 7.16. The van der Waals surface area contributed by atoms with E-state index in [-0.39, 0.29) is 6.10 Å². The molecule has 3 rings (SSSR count). The van der Waals surface area contributed by atoms with Crippen molar-refractivity contribution in [1.82, 2.24) is 4.98 Å². The summed E-state index contributed by atoms with van der Waals surface area (Å²) in [7, 11) is 0. The Labute approximate surface area is 136 Å². The van der Waals surface area contributed by atoms with Gasteiger partial charge in [-0.2, -0.15) is 0 Å². The Kier molecular flexibility index (Phi) is 4.36. The minimum absolute atomic E-state index is 0.235. The number of carbonyl (C=O) groups excluding carboxylic acids is 1. The minimum Gasteiger partial charge on any atom is -0.464 e. The number of aromatic amines is 1. The zero-order valence-corrected chi connectivity index (χ0v) is 13.3. The lowest BCUT2D eigenvalue weighted by Crippen LogP contribution is -2.18. The van der Waals surface area contributed by atoms with E-state index in [9.17, 15) is 4.79 Å². The van der Waals surface area contributed by atoms with Gasteiger partial charge >= 0.3 is 0 Å². The molecule has 0 spiro atoms. The Hall–Kier alpha value is -1.98. The van der Waals surface area contributed by atoms with Crippen molar-refractivity contribution in [2.45, 2.75) is 18.9 Å². The molecule has 0 aliphatic heterocycles. The molecule has 0 radical (unpaired) electrons. The standard InChI is InChI=1S/C16H15ClN2O2S/c17-16-5-4-12(22-16)8-11(21-9-20)6-10-7-13-14(18)2-1-3-15(13)19-10/h1-5,7,9,11,19H,6,8,18H2. The molecule has 22 heavy (non-hydrogen) atoms. The van der Waals surface area contributed by atoms with E-state index in [4.69, 9.17) is 22.1 Å². The largest absolute Gasteiger partial charge is 0.464 e. The second-order valence-electron chi connectivity index (χ2n) is 5.07. The number of benzene rings is 1. The first-order valence-corrected chi connectivity index (χ1v) is 8.04. The van der Waals surface area contributed by atoms with E-state index in [1.54, 1.807) is 0 Å². The van der Waals surface area contributed by atoms with Crippen LogP contribution >= 0.6 is 22.9 Å². The van der Waals surface area contributed by atoms with Crippen LogP contribution in [-0.4, -0.2) is 17.6 Å². The summed E-state index contributed by atoms with van der Waals surface area (Å²) >= 11 is 7.44. The zero-order chi connectivity index (χ0) is 15.5. The molecule has 0 saturated heterocycles. The highest BCUT2D eigenvalue weighted by Crippen LogP contribution is 2.25. The topological polar surface area (TPSA) is 68.1 Å². The van der Waals surface area contributed by atoms with Crippen molar-refractivity contribution >= 4 is 46.0 Å². The van der Waals surface area contributed by atoms with Gasteiger partial charge in [-0.3, -0.25) is 4.79 Å². The summed E-state index contributed by atoms with van der Waals surface area (Å²) in [5.74, 6) is 0. The van der Waals surface area contributed by atoms with Crippen molar-refractivity contribution in [3.05, 3.63) is 51.3 Å². The van der Waals surface area contributed by atoms with Crippen LogP contribution in [0, 0.1) is 0 Å². The summed E-state index contributed by atoms with van der Waals surface area (Å²) in [5.41, 5.74) is 8.67. The molecule has 0 aliphatic carbocycles. The van der Waals surface area contributed by atoms with Crippen LogP contribution in [0.5, 0.6) is 0 Å². The summed E-state index contributed by atoms with van der Waals surface area (Å²) in [6.45, 7) is 0.497. The van der Waals surface area contributed by atoms with Gasteiger partial charge in [-0.15, -0.1) is 11.3 Å². The first-order valence-electron chi connectivity index (χ1n) is 6.85. The Morgan fingerprint density at radius 2 is 2.18 bits per heavy atom. The van der Waals surface area contributed by atoms with Gasteiger partial charge in [-0.25, -0.2) is 0 Å². The number of nitrogen functional groups attached to an aromatic ring is 1. The molecule has 3 aromatic rings. The number of fused-ring (bicyclic) bond motifs is 1. The average Bonchev–Trinajstić information content (AvgIpc) is 3.06. The van der Waals surface area contributed by atoms with Crippen molar-refractivity contribution in [2.75, 3.05) is 5.73 Å². The number of nitrogens with one attached hydrogen (secondary N) is 1. The molecule has 3 N–H and O–H groups in total. The Morgan fingerprint density at radius 3 is 2.86 bits per heavy atom. The molecule has 0 fully saturated rings. The van der Waals surface area contributed by atoms with Gasteiger partial charge < -0.3 is 15.5 Å². The van der Waals surface area contributed by atoms with E-state index in [2.05, 4.69) is 4.98 Å². The molecule has 0 aliphatic rings. The van der Waals surface area contributed by atoms with Gasteiger partial charge in [0.15, 0.2) is 0 Å². The lowest BCUT2D eigenvalue weighted by atomic mass is 10.1. The molecule has 4 nitrogen and oxygen atoms in total. The minimum atomic E-state index is -0.235. The van der Waals surface area contributed by atoms with E-state index in [1.807, 2.05) is 36.4 Å². The van der Waals surface area contributed by atoms with Crippen molar-refractivity contribution in [1.29, 1.82) is 0 Å². The maximum Gasteiger partial charge on any atom is 0.293 e. The number of H-pyrrole nitrogens is 1. The maximum absolute atomic E-state index is 10.8. The first kappa shape index (κ1) is 14.9. The van der Waals surface area contributed by atoms with Crippen molar-refractivity contribution in [2.24, 2.45) is 0 Å². The second-order valence-corrected chi connectivity index (χ2v) is 6.87. The number of rotatable bonds is 6. The number of hydrogen-bond donors (Lipinski definition) is 2. The van der Waals surface area contributed by atoms with Crippen LogP contribution in [0.4, 0.5) is 5.69 Å². The van der Waals surface area contributed by atoms with Crippen LogP contribution in [-0.2, 0) is 22.4 Å². The predicted octanol–water partition coefficient (Wildman–Crippen LogP) is 3.79. The first-order chi connectivity index (χ1) is 10.7. The quantitative estimate of drug-likeness (QED) is 0.532. The van der Waals surface area contributed by atoms with Crippen molar-refractivity contribution in [3.8, 4) is 0 Å². The number of carbonyl (C=O) groups is 1. The van der Waals surface area contributed by atoms with E-state index >= 15 is 0 Å². The highest BCUT2D eigenvalue weighted by atomic mass is 35.5. The highest BCUT2D eigenvalue weighted by Gasteiger charge is 2.15. The number of thiophene rings is 1. The monoisotopic (exact) mass is 334 g/mol. The zero-order valence-electron chi connectivity index (χ0n) is 11.7. The average molecular weight is 335 g/mol. The summed E-state index contributed by atoms with van der Waals surface area (Å²) in [4.78, 5) is 15.2. The van der Waals surface area contributed by atoms with Gasteiger partial charge in [0.05, 0.1) is 4.34 Å². The smallest absolute Gasteiger partial charge is 0.293 e. The number of nitrogens with two attached hydrogens (primary N) is 1. The molecule has 2 heterocycles. The maximum atomic E-state index is 10.8. The molecule has 2 aromatic heterocycles. The third-order valence-corrected chi connectivity index (χ3v) is 4.76. The van der Waals surface area contributed by atoms with E-state index in [1.165, 1.54) is 11.3 Å².